The predicted molar refractivity (Wildman–Crippen MR) is 81.7 cm³/mol. The zero-order valence-corrected chi connectivity index (χ0v) is 12.3. The van der Waals surface area contributed by atoms with Gasteiger partial charge in [0.2, 0.25) is 0 Å². The number of nitrogens with one attached hydrogen (secondary N) is 1. The molecule has 0 bridgehead atoms. The van der Waals surface area contributed by atoms with Gasteiger partial charge in [0, 0.05) is 24.3 Å². The van der Waals surface area contributed by atoms with Gasteiger partial charge in [0.05, 0.1) is 18.8 Å². The molecule has 0 radical (unpaired) electrons. The number of fused-ring (bicyclic) bond motifs is 2. The van der Waals surface area contributed by atoms with Gasteiger partial charge in [0.15, 0.2) is 0 Å². The minimum absolute atomic E-state index is 0.185. The van der Waals surface area contributed by atoms with Gasteiger partial charge in [0.25, 0.3) is 5.91 Å². The van der Waals surface area contributed by atoms with E-state index in [0.29, 0.717) is 6.61 Å². The van der Waals surface area contributed by atoms with Gasteiger partial charge in [-0.1, -0.05) is 12.8 Å². The highest BCUT2D eigenvalue weighted by Crippen LogP contribution is 2.30. The van der Waals surface area contributed by atoms with Crippen molar-refractivity contribution in [1.82, 2.24) is 4.90 Å². The molecular formula is C17H22N2O2. The maximum absolute atomic E-state index is 12.9. The molecule has 4 rings (SSSR count). The number of morpholine rings is 1. The molecule has 4 heteroatoms. The zero-order chi connectivity index (χ0) is 14.2. The summed E-state index contributed by atoms with van der Waals surface area (Å²) in [6.45, 7) is 2.39. The van der Waals surface area contributed by atoms with E-state index >= 15 is 0 Å². The van der Waals surface area contributed by atoms with Gasteiger partial charge < -0.3 is 15.0 Å². The Labute approximate surface area is 125 Å². The van der Waals surface area contributed by atoms with Gasteiger partial charge in [-0.25, -0.2) is 0 Å². The van der Waals surface area contributed by atoms with Crippen LogP contribution < -0.4 is 5.32 Å². The summed E-state index contributed by atoms with van der Waals surface area (Å²) in [6.07, 6.45) is 5.90. The Bertz CT molecular complexity index is 556. The van der Waals surface area contributed by atoms with E-state index in [1.807, 2.05) is 12.1 Å². The lowest BCUT2D eigenvalue weighted by molar-refractivity contribution is -0.0752. The summed E-state index contributed by atoms with van der Waals surface area (Å²) in [5.74, 6) is 0.185. The molecule has 1 aliphatic carbocycles. The van der Waals surface area contributed by atoms with Crippen molar-refractivity contribution in [2.45, 2.75) is 44.2 Å². The summed E-state index contributed by atoms with van der Waals surface area (Å²) in [4.78, 5) is 15.0. The van der Waals surface area contributed by atoms with Crippen molar-refractivity contribution < 1.29 is 9.53 Å². The molecule has 1 aromatic rings. The van der Waals surface area contributed by atoms with E-state index in [0.717, 1.165) is 37.9 Å². The summed E-state index contributed by atoms with van der Waals surface area (Å²) in [5, 5.41) is 3.35. The smallest absolute Gasteiger partial charge is 0.254 e. The third-order valence-electron chi connectivity index (χ3n) is 5.05. The minimum Gasteiger partial charge on any atom is -0.384 e. The van der Waals surface area contributed by atoms with Gasteiger partial charge in [-0.05, 0) is 43.0 Å². The molecule has 0 spiro atoms. The van der Waals surface area contributed by atoms with Gasteiger partial charge in [-0.3, -0.25) is 4.79 Å². The van der Waals surface area contributed by atoms with Crippen molar-refractivity contribution in [3.05, 3.63) is 29.3 Å². The monoisotopic (exact) mass is 286 g/mol. The zero-order valence-electron chi connectivity index (χ0n) is 12.3. The number of benzene rings is 1. The minimum atomic E-state index is 0.185. The van der Waals surface area contributed by atoms with Crippen LogP contribution in [0.15, 0.2) is 18.2 Å². The highest BCUT2D eigenvalue weighted by molar-refractivity contribution is 5.95. The van der Waals surface area contributed by atoms with Crippen molar-refractivity contribution in [3.8, 4) is 0 Å². The molecule has 3 aliphatic rings. The van der Waals surface area contributed by atoms with Crippen LogP contribution in [-0.2, 0) is 11.2 Å². The van der Waals surface area contributed by atoms with E-state index in [1.165, 1.54) is 24.1 Å². The quantitative estimate of drug-likeness (QED) is 0.862. The van der Waals surface area contributed by atoms with Crippen molar-refractivity contribution in [1.29, 1.82) is 0 Å². The Kier molecular flexibility index (Phi) is 3.34. The fraction of sp³-hybridized carbons (Fsp3) is 0.588. The maximum atomic E-state index is 12.9. The highest BCUT2D eigenvalue weighted by atomic mass is 16.5. The number of hydrogen-bond donors (Lipinski definition) is 1. The standard InChI is InChI=1S/C17H22N2O2/c20-17(13-5-6-14-12(11-13)7-8-18-14)19-9-10-21-16-4-2-1-3-15(16)19/h5-6,11,15-16,18H,1-4,7-10H2/t15-,16-/m1/s1. The normalized spacial score (nSPS) is 27.7. The second kappa shape index (κ2) is 5.34. The van der Waals surface area contributed by atoms with Crippen LogP contribution in [0.5, 0.6) is 0 Å². The molecule has 2 aliphatic heterocycles. The predicted octanol–water partition coefficient (Wildman–Crippen LogP) is 2.44. The number of anilines is 1. The summed E-state index contributed by atoms with van der Waals surface area (Å²) < 4.78 is 5.87. The van der Waals surface area contributed by atoms with E-state index < -0.39 is 0 Å². The van der Waals surface area contributed by atoms with Crippen LogP contribution in [0.3, 0.4) is 0 Å². The topological polar surface area (TPSA) is 41.6 Å². The molecule has 1 aromatic carbocycles. The first-order valence-electron chi connectivity index (χ1n) is 8.12. The Morgan fingerprint density at radius 3 is 3.14 bits per heavy atom. The first-order valence-corrected chi connectivity index (χ1v) is 8.12. The third kappa shape index (κ3) is 2.31. The molecule has 2 heterocycles. The number of carbonyl (C=O) groups is 1. The van der Waals surface area contributed by atoms with Crippen LogP contribution in [0.2, 0.25) is 0 Å². The number of hydrogen-bond acceptors (Lipinski definition) is 3. The van der Waals surface area contributed by atoms with E-state index in [1.54, 1.807) is 0 Å². The van der Waals surface area contributed by atoms with E-state index in [2.05, 4.69) is 16.3 Å². The molecule has 0 aromatic heterocycles. The van der Waals surface area contributed by atoms with Crippen LogP contribution in [0.4, 0.5) is 5.69 Å². The lowest BCUT2D eigenvalue weighted by Gasteiger charge is -2.43. The Morgan fingerprint density at radius 2 is 2.19 bits per heavy atom. The van der Waals surface area contributed by atoms with Crippen molar-refractivity contribution in [2.75, 3.05) is 25.0 Å². The van der Waals surface area contributed by atoms with Crippen molar-refractivity contribution >= 4 is 11.6 Å². The molecule has 1 saturated carbocycles. The molecule has 21 heavy (non-hydrogen) atoms. The van der Waals surface area contributed by atoms with Crippen molar-refractivity contribution in [3.63, 3.8) is 0 Å². The third-order valence-corrected chi connectivity index (χ3v) is 5.05. The van der Waals surface area contributed by atoms with E-state index in [9.17, 15) is 4.79 Å². The Balaban J connectivity index is 1.58. The number of amides is 1. The first kappa shape index (κ1) is 13.1. The number of carbonyl (C=O) groups excluding carboxylic acids is 1. The maximum Gasteiger partial charge on any atom is 0.254 e. The van der Waals surface area contributed by atoms with Crippen LogP contribution in [0.1, 0.15) is 41.6 Å². The summed E-state index contributed by atoms with van der Waals surface area (Å²) >= 11 is 0. The summed E-state index contributed by atoms with van der Waals surface area (Å²) in [5.41, 5.74) is 3.29. The Morgan fingerprint density at radius 1 is 1.29 bits per heavy atom. The SMILES string of the molecule is O=C(c1ccc2c(c1)CCN2)N1CCO[C@@H]2CCCC[C@H]21. The van der Waals surface area contributed by atoms with Gasteiger partial charge in [0.1, 0.15) is 0 Å². The molecular weight excluding hydrogens is 264 g/mol. The lowest BCUT2D eigenvalue weighted by atomic mass is 9.89. The fourth-order valence-corrected chi connectivity index (χ4v) is 3.95. The second-order valence-corrected chi connectivity index (χ2v) is 6.31. The van der Waals surface area contributed by atoms with Gasteiger partial charge in [-0.2, -0.15) is 0 Å². The molecule has 1 amide bonds. The Hall–Kier alpha value is -1.55. The number of nitrogens with zero attached hydrogens (tertiary/aromatic N) is 1. The first-order chi connectivity index (χ1) is 10.3. The average molecular weight is 286 g/mol. The van der Waals surface area contributed by atoms with Crippen LogP contribution in [0.25, 0.3) is 0 Å². The molecule has 4 nitrogen and oxygen atoms in total. The van der Waals surface area contributed by atoms with Gasteiger partial charge >= 0.3 is 0 Å². The van der Waals surface area contributed by atoms with E-state index in [-0.39, 0.29) is 18.1 Å². The molecule has 1 N–H and O–H groups in total. The molecule has 2 atom stereocenters. The van der Waals surface area contributed by atoms with Crippen LogP contribution >= 0.6 is 0 Å². The number of rotatable bonds is 1. The molecule has 0 unspecified atom stereocenters. The van der Waals surface area contributed by atoms with Crippen LogP contribution in [0, 0.1) is 0 Å². The lowest BCUT2D eigenvalue weighted by Crippen LogP contribution is -2.54. The van der Waals surface area contributed by atoms with E-state index in [4.69, 9.17) is 4.74 Å². The summed E-state index contributed by atoms with van der Waals surface area (Å²) in [7, 11) is 0. The molecule has 1 saturated heterocycles. The highest BCUT2D eigenvalue weighted by Gasteiger charge is 2.37. The van der Waals surface area contributed by atoms with Crippen LogP contribution in [-0.4, -0.2) is 42.6 Å². The molecule has 2 fully saturated rings. The fourth-order valence-electron chi connectivity index (χ4n) is 3.95. The molecule has 112 valence electrons. The number of ether oxygens (including phenoxy) is 1. The van der Waals surface area contributed by atoms with Gasteiger partial charge in [-0.15, -0.1) is 0 Å². The summed E-state index contributed by atoms with van der Waals surface area (Å²) in [6, 6.07) is 6.37. The average Bonchev–Trinajstić information content (AvgIpc) is 3.01. The van der Waals surface area contributed by atoms with Crippen molar-refractivity contribution in [2.24, 2.45) is 0 Å². The largest absolute Gasteiger partial charge is 0.384 e. The second-order valence-electron chi connectivity index (χ2n) is 6.31.